The zero-order valence-corrected chi connectivity index (χ0v) is 15.7. The standard InChI is InChI=1S/C17H24N4O.C3H8/c1-2-21-8-7-13(11-21)20-17(22)15(18)9-12-10-19-16-6-4-3-5-14(12)16;1-3-2/h3-6,10,13,15,19H,2,7-9,11,18H2,1H3,(H,20,22);3H2,1-2H3/t13-,15-;/m0./s1. The smallest absolute Gasteiger partial charge is 0.237 e. The Balaban J connectivity index is 0.000000701. The van der Waals surface area contributed by atoms with Crippen LogP contribution in [0.1, 0.15) is 39.2 Å². The molecule has 0 spiro atoms. The minimum Gasteiger partial charge on any atom is -0.361 e. The highest BCUT2D eigenvalue weighted by molar-refractivity contribution is 5.86. The number of benzene rings is 1. The summed E-state index contributed by atoms with van der Waals surface area (Å²) < 4.78 is 0. The van der Waals surface area contributed by atoms with Crippen molar-refractivity contribution < 1.29 is 4.79 Å². The van der Waals surface area contributed by atoms with Crippen LogP contribution in [0.2, 0.25) is 0 Å². The quantitative estimate of drug-likeness (QED) is 0.781. The van der Waals surface area contributed by atoms with E-state index in [2.05, 4.69) is 42.0 Å². The number of para-hydroxylation sites is 1. The minimum absolute atomic E-state index is 0.0479. The van der Waals surface area contributed by atoms with Gasteiger partial charge in [0.15, 0.2) is 0 Å². The molecule has 2 heterocycles. The van der Waals surface area contributed by atoms with Crippen LogP contribution in [0, 0.1) is 0 Å². The predicted octanol–water partition coefficient (Wildman–Crippen LogP) is 2.66. The molecule has 25 heavy (non-hydrogen) atoms. The number of fused-ring (bicyclic) bond motifs is 1. The maximum absolute atomic E-state index is 12.3. The second-order valence-electron chi connectivity index (χ2n) is 6.76. The molecule has 4 N–H and O–H groups in total. The number of nitrogens with one attached hydrogen (secondary N) is 2. The first-order valence-corrected chi connectivity index (χ1v) is 9.42. The van der Waals surface area contributed by atoms with Gasteiger partial charge in [-0.3, -0.25) is 4.79 Å². The molecule has 0 radical (unpaired) electrons. The highest BCUT2D eigenvalue weighted by Gasteiger charge is 2.25. The number of rotatable bonds is 5. The molecule has 1 aromatic carbocycles. The first-order chi connectivity index (χ1) is 12.1. The van der Waals surface area contributed by atoms with Gasteiger partial charge in [0.25, 0.3) is 0 Å². The number of likely N-dealkylation sites (N-methyl/N-ethyl adjacent to an activating group) is 1. The van der Waals surface area contributed by atoms with E-state index in [9.17, 15) is 4.79 Å². The normalized spacial score (nSPS) is 18.6. The van der Waals surface area contributed by atoms with E-state index in [0.29, 0.717) is 6.42 Å². The van der Waals surface area contributed by atoms with Gasteiger partial charge < -0.3 is 20.9 Å². The number of aromatic nitrogens is 1. The summed E-state index contributed by atoms with van der Waals surface area (Å²) in [4.78, 5) is 17.9. The summed E-state index contributed by atoms with van der Waals surface area (Å²) in [6.07, 6.45) is 4.77. The number of likely N-dealkylation sites (tertiary alicyclic amines) is 1. The number of hydrogen-bond donors (Lipinski definition) is 3. The summed E-state index contributed by atoms with van der Waals surface area (Å²) in [7, 11) is 0. The van der Waals surface area contributed by atoms with Gasteiger partial charge in [0.05, 0.1) is 6.04 Å². The van der Waals surface area contributed by atoms with Gasteiger partial charge in [0.2, 0.25) is 5.91 Å². The summed E-state index contributed by atoms with van der Waals surface area (Å²) in [5.41, 5.74) is 8.29. The molecule has 0 aliphatic carbocycles. The Morgan fingerprint density at radius 3 is 2.76 bits per heavy atom. The molecular weight excluding hydrogens is 312 g/mol. The fourth-order valence-electron chi connectivity index (χ4n) is 3.18. The summed E-state index contributed by atoms with van der Waals surface area (Å²) in [6.45, 7) is 9.42. The van der Waals surface area contributed by atoms with Crippen molar-refractivity contribution in [2.75, 3.05) is 19.6 Å². The van der Waals surface area contributed by atoms with Crippen molar-refractivity contribution in [1.82, 2.24) is 15.2 Å². The molecule has 1 aliphatic rings. The Bertz CT molecular complexity index is 667. The van der Waals surface area contributed by atoms with Crippen molar-refractivity contribution in [2.24, 2.45) is 5.73 Å². The molecule has 1 fully saturated rings. The van der Waals surface area contributed by atoms with Gasteiger partial charge in [-0.1, -0.05) is 45.4 Å². The average Bonchev–Trinajstić information content (AvgIpc) is 3.23. The van der Waals surface area contributed by atoms with E-state index in [0.717, 1.165) is 42.5 Å². The van der Waals surface area contributed by atoms with Crippen LogP contribution in [0.25, 0.3) is 10.9 Å². The van der Waals surface area contributed by atoms with Crippen LogP contribution in [-0.2, 0) is 11.2 Å². The molecule has 2 aromatic rings. The zero-order chi connectivity index (χ0) is 18.2. The third kappa shape index (κ3) is 5.31. The van der Waals surface area contributed by atoms with Crippen LogP contribution in [-0.4, -0.2) is 47.5 Å². The average molecular weight is 345 g/mol. The van der Waals surface area contributed by atoms with Crippen molar-refractivity contribution in [2.45, 2.75) is 52.1 Å². The van der Waals surface area contributed by atoms with Gasteiger partial charge in [-0.05, 0) is 31.0 Å². The molecule has 5 nitrogen and oxygen atoms in total. The molecule has 5 heteroatoms. The number of hydrogen-bond acceptors (Lipinski definition) is 3. The van der Waals surface area contributed by atoms with E-state index < -0.39 is 6.04 Å². The van der Waals surface area contributed by atoms with Crippen LogP contribution in [0.5, 0.6) is 0 Å². The summed E-state index contributed by atoms with van der Waals surface area (Å²) in [5, 5.41) is 4.23. The van der Waals surface area contributed by atoms with Gasteiger partial charge in [0.1, 0.15) is 0 Å². The molecule has 0 saturated carbocycles. The number of nitrogens with zero attached hydrogens (tertiary/aromatic N) is 1. The third-order valence-corrected chi connectivity index (χ3v) is 4.52. The summed E-state index contributed by atoms with van der Waals surface area (Å²) in [6, 6.07) is 7.82. The zero-order valence-electron chi connectivity index (χ0n) is 15.7. The first-order valence-electron chi connectivity index (χ1n) is 9.42. The molecule has 1 aromatic heterocycles. The van der Waals surface area contributed by atoms with Crippen molar-refractivity contribution >= 4 is 16.8 Å². The van der Waals surface area contributed by atoms with Crippen molar-refractivity contribution in [3.05, 3.63) is 36.0 Å². The predicted molar refractivity (Wildman–Crippen MR) is 105 cm³/mol. The molecule has 138 valence electrons. The van der Waals surface area contributed by atoms with Crippen LogP contribution in [0.15, 0.2) is 30.5 Å². The number of aromatic amines is 1. The van der Waals surface area contributed by atoms with E-state index in [4.69, 9.17) is 5.73 Å². The van der Waals surface area contributed by atoms with E-state index in [1.165, 1.54) is 6.42 Å². The third-order valence-electron chi connectivity index (χ3n) is 4.52. The topological polar surface area (TPSA) is 74.2 Å². The van der Waals surface area contributed by atoms with Gasteiger partial charge in [-0.2, -0.15) is 0 Å². The van der Waals surface area contributed by atoms with Crippen LogP contribution in [0.4, 0.5) is 0 Å². The monoisotopic (exact) mass is 344 g/mol. The number of amides is 1. The summed E-state index contributed by atoms with van der Waals surface area (Å²) in [5.74, 6) is -0.0479. The lowest BCUT2D eigenvalue weighted by Crippen LogP contribution is -2.47. The fraction of sp³-hybridized carbons (Fsp3) is 0.550. The van der Waals surface area contributed by atoms with Crippen LogP contribution in [0.3, 0.4) is 0 Å². The molecule has 3 rings (SSSR count). The van der Waals surface area contributed by atoms with Crippen LogP contribution >= 0.6 is 0 Å². The maximum atomic E-state index is 12.3. The maximum Gasteiger partial charge on any atom is 0.237 e. The Labute approximate surface area is 151 Å². The van der Waals surface area contributed by atoms with Crippen molar-refractivity contribution in [3.8, 4) is 0 Å². The molecule has 0 bridgehead atoms. The Hall–Kier alpha value is -1.85. The number of carbonyl (C=O) groups excluding carboxylic acids is 1. The molecule has 1 amide bonds. The van der Waals surface area contributed by atoms with E-state index >= 15 is 0 Å². The fourth-order valence-corrected chi connectivity index (χ4v) is 3.18. The van der Waals surface area contributed by atoms with E-state index in [1.54, 1.807) is 0 Å². The Morgan fingerprint density at radius 2 is 2.08 bits per heavy atom. The lowest BCUT2D eigenvalue weighted by molar-refractivity contribution is -0.122. The highest BCUT2D eigenvalue weighted by atomic mass is 16.2. The van der Waals surface area contributed by atoms with Gasteiger partial charge in [-0.25, -0.2) is 0 Å². The lowest BCUT2D eigenvalue weighted by Gasteiger charge is -2.17. The Morgan fingerprint density at radius 1 is 1.36 bits per heavy atom. The number of H-pyrrole nitrogens is 1. The van der Waals surface area contributed by atoms with Crippen molar-refractivity contribution in [3.63, 3.8) is 0 Å². The largest absolute Gasteiger partial charge is 0.361 e. The second kappa shape index (κ2) is 9.59. The van der Waals surface area contributed by atoms with E-state index in [-0.39, 0.29) is 11.9 Å². The molecule has 1 saturated heterocycles. The van der Waals surface area contributed by atoms with Crippen molar-refractivity contribution in [1.29, 1.82) is 0 Å². The van der Waals surface area contributed by atoms with Crippen LogP contribution < -0.4 is 11.1 Å². The molecule has 0 unspecified atom stereocenters. The molecule has 2 atom stereocenters. The minimum atomic E-state index is -0.505. The Kier molecular flexibility index (Phi) is 7.47. The summed E-state index contributed by atoms with van der Waals surface area (Å²) >= 11 is 0. The lowest BCUT2D eigenvalue weighted by atomic mass is 10.0. The van der Waals surface area contributed by atoms with Gasteiger partial charge in [0, 0.05) is 36.2 Å². The molecule has 1 aliphatic heterocycles. The second-order valence-corrected chi connectivity index (χ2v) is 6.76. The number of nitrogens with two attached hydrogens (primary N) is 1. The SMILES string of the molecule is CCC.CCN1CC[C@H](NC(=O)[C@@H](N)Cc2c[nH]c3ccccc23)C1. The number of carbonyl (C=O) groups is 1. The van der Waals surface area contributed by atoms with Gasteiger partial charge in [-0.15, -0.1) is 0 Å². The highest BCUT2D eigenvalue weighted by Crippen LogP contribution is 2.19. The first kappa shape index (κ1) is 19.5. The molecular formula is C20H32N4O. The van der Waals surface area contributed by atoms with E-state index in [1.807, 2.05) is 24.4 Å². The van der Waals surface area contributed by atoms with Gasteiger partial charge >= 0.3 is 0 Å².